The standard InChI is InChI=1S/C23H23N3O2S/c1-16-8-10-18(11-9-16)21(27)15-29-23-24-19(13-22(28)25-23)14-26-12-4-6-17-5-2-3-7-20(17)26/h2-3,5,7-11,13H,4,6,12,14-15H2,1H3,(H,24,25,28). The molecule has 4 rings (SSSR count). The summed E-state index contributed by atoms with van der Waals surface area (Å²) < 4.78 is 0. The molecule has 0 saturated carbocycles. The number of hydrogen-bond acceptors (Lipinski definition) is 5. The Balaban J connectivity index is 1.46. The third-order valence-electron chi connectivity index (χ3n) is 5.05. The topological polar surface area (TPSA) is 66.1 Å². The Labute approximate surface area is 174 Å². The molecule has 2 heterocycles. The highest BCUT2D eigenvalue weighted by Crippen LogP contribution is 2.27. The van der Waals surface area contributed by atoms with Crippen molar-refractivity contribution >= 4 is 23.2 Å². The average Bonchev–Trinajstić information content (AvgIpc) is 2.72. The molecule has 29 heavy (non-hydrogen) atoms. The minimum Gasteiger partial charge on any atom is -0.365 e. The molecule has 148 valence electrons. The monoisotopic (exact) mass is 405 g/mol. The highest BCUT2D eigenvalue weighted by molar-refractivity contribution is 7.99. The summed E-state index contributed by atoms with van der Waals surface area (Å²) in [6, 6.07) is 17.4. The fraction of sp³-hybridized carbons (Fsp3) is 0.261. The minimum atomic E-state index is -0.189. The summed E-state index contributed by atoms with van der Waals surface area (Å²) in [6.45, 7) is 3.52. The van der Waals surface area contributed by atoms with Gasteiger partial charge in [-0.05, 0) is 31.4 Å². The normalized spacial score (nSPS) is 13.2. The van der Waals surface area contributed by atoms with Crippen molar-refractivity contribution in [3.05, 3.63) is 87.3 Å². The van der Waals surface area contributed by atoms with Crippen molar-refractivity contribution in [2.75, 3.05) is 17.2 Å². The molecular formula is C23H23N3O2S. The summed E-state index contributed by atoms with van der Waals surface area (Å²) in [5, 5.41) is 0.484. The van der Waals surface area contributed by atoms with E-state index >= 15 is 0 Å². The largest absolute Gasteiger partial charge is 0.365 e. The number of ketones is 1. The number of aryl methyl sites for hydroxylation is 2. The summed E-state index contributed by atoms with van der Waals surface area (Å²) in [6.07, 6.45) is 2.17. The number of nitrogens with zero attached hydrogens (tertiary/aromatic N) is 2. The Morgan fingerprint density at radius 2 is 1.97 bits per heavy atom. The van der Waals surface area contributed by atoms with Gasteiger partial charge in [-0.15, -0.1) is 0 Å². The van der Waals surface area contributed by atoms with Gasteiger partial charge in [0, 0.05) is 23.9 Å². The molecule has 0 fully saturated rings. The van der Waals surface area contributed by atoms with Crippen LogP contribution >= 0.6 is 11.8 Å². The van der Waals surface area contributed by atoms with Crippen LogP contribution in [0.15, 0.2) is 64.5 Å². The fourth-order valence-corrected chi connectivity index (χ4v) is 4.35. The molecular weight excluding hydrogens is 382 g/mol. The van der Waals surface area contributed by atoms with Gasteiger partial charge in [0.05, 0.1) is 18.0 Å². The second-order valence-electron chi connectivity index (χ2n) is 7.27. The molecule has 1 aliphatic rings. The zero-order valence-electron chi connectivity index (χ0n) is 16.4. The quantitative estimate of drug-likeness (QED) is 0.381. The van der Waals surface area contributed by atoms with Gasteiger partial charge >= 0.3 is 0 Å². The first-order valence-corrected chi connectivity index (χ1v) is 10.7. The molecule has 0 aliphatic carbocycles. The first-order valence-electron chi connectivity index (χ1n) is 9.74. The van der Waals surface area contributed by atoms with Crippen LogP contribution < -0.4 is 10.5 Å². The maximum absolute atomic E-state index is 12.4. The number of Topliss-reactive ketones (excluding diaryl/α,β-unsaturated/α-hetero) is 1. The molecule has 0 amide bonds. The van der Waals surface area contributed by atoms with Gasteiger partial charge in [0.15, 0.2) is 10.9 Å². The maximum Gasteiger partial charge on any atom is 0.251 e. The molecule has 6 heteroatoms. The molecule has 0 unspecified atom stereocenters. The molecule has 2 aromatic carbocycles. The molecule has 0 spiro atoms. The van der Waals surface area contributed by atoms with Crippen molar-refractivity contribution in [2.24, 2.45) is 0 Å². The van der Waals surface area contributed by atoms with E-state index in [2.05, 4.69) is 33.1 Å². The van der Waals surface area contributed by atoms with Gasteiger partial charge in [-0.25, -0.2) is 4.98 Å². The van der Waals surface area contributed by atoms with Gasteiger partial charge in [0.25, 0.3) is 5.56 Å². The number of hydrogen-bond donors (Lipinski definition) is 1. The number of H-pyrrole nitrogens is 1. The third-order valence-corrected chi connectivity index (χ3v) is 5.92. The molecule has 1 aromatic heterocycles. The number of rotatable bonds is 6. The second kappa shape index (κ2) is 8.66. The van der Waals surface area contributed by atoms with E-state index in [0.29, 0.717) is 17.3 Å². The van der Waals surface area contributed by atoms with Crippen molar-refractivity contribution in [1.82, 2.24) is 9.97 Å². The van der Waals surface area contributed by atoms with E-state index in [9.17, 15) is 9.59 Å². The van der Waals surface area contributed by atoms with Crippen LogP contribution in [-0.4, -0.2) is 28.0 Å². The van der Waals surface area contributed by atoms with Gasteiger partial charge in [-0.2, -0.15) is 0 Å². The lowest BCUT2D eigenvalue weighted by Crippen LogP contribution is -2.29. The first-order chi connectivity index (χ1) is 14.1. The van der Waals surface area contributed by atoms with Gasteiger partial charge in [-0.1, -0.05) is 59.8 Å². The van der Waals surface area contributed by atoms with Crippen LogP contribution in [0.5, 0.6) is 0 Å². The SMILES string of the molecule is Cc1ccc(C(=O)CSc2nc(CN3CCCc4ccccc43)cc(=O)[nH]2)cc1. The smallest absolute Gasteiger partial charge is 0.251 e. The van der Waals surface area contributed by atoms with E-state index in [1.807, 2.05) is 37.3 Å². The lowest BCUT2D eigenvalue weighted by atomic mass is 10.0. The number of para-hydroxylation sites is 1. The van der Waals surface area contributed by atoms with E-state index < -0.39 is 0 Å². The van der Waals surface area contributed by atoms with Crippen LogP contribution in [-0.2, 0) is 13.0 Å². The summed E-state index contributed by atoms with van der Waals surface area (Å²) in [7, 11) is 0. The maximum atomic E-state index is 12.4. The van der Waals surface area contributed by atoms with Crippen LogP contribution in [0.25, 0.3) is 0 Å². The van der Waals surface area contributed by atoms with Gasteiger partial charge in [0.2, 0.25) is 0 Å². The Kier molecular flexibility index (Phi) is 5.81. The molecule has 0 saturated heterocycles. The summed E-state index contributed by atoms with van der Waals surface area (Å²) in [5.74, 6) is 0.259. The van der Waals surface area contributed by atoms with Gasteiger partial charge in [-0.3, -0.25) is 9.59 Å². The number of fused-ring (bicyclic) bond motifs is 1. The van der Waals surface area contributed by atoms with Crippen molar-refractivity contribution < 1.29 is 4.79 Å². The van der Waals surface area contributed by atoms with E-state index in [1.165, 1.54) is 23.0 Å². The first kappa shape index (κ1) is 19.5. The van der Waals surface area contributed by atoms with Crippen molar-refractivity contribution in [1.29, 1.82) is 0 Å². The third kappa shape index (κ3) is 4.77. The zero-order chi connectivity index (χ0) is 20.2. The fourth-order valence-electron chi connectivity index (χ4n) is 3.56. The molecule has 3 aromatic rings. The number of anilines is 1. The number of benzene rings is 2. The number of aromatic amines is 1. The molecule has 0 bridgehead atoms. The van der Waals surface area contributed by atoms with Crippen molar-refractivity contribution in [2.45, 2.75) is 31.5 Å². The Morgan fingerprint density at radius 3 is 2.79 bits per heavy atom. The Morgan fingerprint density at radius 1 is 1.17 bits per heavy atom. The van der Waals surface area contributed by atoms with E-state index in [-0.39, 0.29) is 17.1 Å². The lowest BCUT2D eigenvalue weighted by molar-refractivity contribution is 0.102. The molecule has 0 radical (unpaired) electrons. The molecule has 0 atom stereocenters. The predicted molar refractivity (Wildman–Crippen MR) is 117 cm³/mol. The van der Waals surface area contributed by atoms with Crippen LogP contribution in [0, 0.1) is 6.92 Å². The molecule has 1 N–H and O–H groups in total. The summed E-state index contributed by atoms with van der Waals surface area (Å²) >= 11 is 1.27. The Bertz CT molecular complexity index is 1080. The van der Waals surface area contributed by atoms with Crippen molar-refractivity contribution in [3.63, 3.8) is 0 Å². The minimum absolute atomic E-state index is 0.0213. The summed E-state index contributed by atoms with van der Waals surface area (Å²) in [5.41, 5.74) is 4.87. The average molecular weight is 406 g/mol. The van der Waals surface area contributed by atoms with Crippen LogP contribution in [0.2, 0.25) is 0 Å². The second-order valence-corrected chi connectivity index (χ2v) is 8.24. The van der Waals surface area contributed by atoms with Crippen LogP contribution in [0.3, 0.4) is 0 Å². The number of thioether (sulfide) groups is 1. The van der Waals surface area contributed by atoms with E-state index in [0.717, 1.165) is 30.6 Å². The van der Waals surface area contributed by atoms with Crippen LogP contribution in [0.4, 0.5) is 5.69 Å². The number of nitrogens with one attached hydrogen (secondary N) is 1. The predicted octanol–water partition coefficient (Wildman–Crippen LogP) is 4.01. The van der Waals surface area contributed by atoms with E-state index in [1.54, 1.807) is 6.07 Å². The number of carbonyl (C=O) groups is 1. The number of aromatic nitrogens is 2. The van der Waals surface area contributed by atoms with Gasteiger partial charge in [0.1, 0.15) is 0 Å². The van der Waals surface area contributed by atoms with Gasteiger partial charge < -0.3 is 9.88 Å². The molecule has 1 aliphatic heterocycles. The van der Waals surface area contributed by atoms with Crippen LogP contribution in [0.1, 0.15) is 33.6 Å². The highest BCUT2D eigenvalue weighted by Gasteiger charge is 2.17. The highest BCUT2D eigenvalue weighted by atomic mass is 32.2. The van der Waals surface area contributed by atoms with E-state index in [4.69, 9.17) is 0 Å². The Hall–Kier alpha value is -2.86. The lowest BCUT2D eigenvalue weighted by Gasteiger charge is -2.31. The summed E-state index contributed by atoms with van der Waals surface area (Å²) in [4.78, 5) is 34.2. The zero-order valence-corrected chi connectivity index (χ0v) is 17.2. The number of carbonyl (C=O) groups excluding carboxylic acids is 1. The van der Waals surface area contributed by atoms with Crippen molar-refractivity contribution in [3.8, 4) is 0 Å². The molecule has 5 nitrogen and oxygen atoms in total.